The topological polar surface area (TPSA) is 127 Å². The van der Waals surface area contributed by atoms with Crippen LogP contribution in [0, 0.1) is 18.6 Å². The van der Waals surface area contributed by atoms with Crippen LogP contribution in [-0.4, -0.2) is 38.7 Å². The fourth-order valence-electron chi connectivity index (χ4n) is 3.72. The molecule has 1 aliphatic rings. The molecular weight excluding hydrogens is 511 g/mol. The number of carbonyl (C=O) groups excluding carboxylic acids is 1. The van der Waals surface area contributed by atoms with Crippen molar-refractivity contribution >= 4 is 21.3 Å². The summed E-state index contributed by atoms with van der Waals surface area (Å²) < 4.78 is 71.9. The number of pyridine rings is 1. The number of benzene rings is 1. The Labute approximate surface area is 211 Å². The second-order valence-corrected chi connectivity index (χ2v) is 10.9. The monoisotopic (exact) mass is 535 g/mol. The van der Waals surface area contributed by atoms with E-state index in [1.807, 2.05) is 0 Å². The normalized spacial score (nSPS) is 15.1. The van der Waals surface area contributed by atoms with Gasteiger partial charge in [-0.15, -0.1) is 10.2 Å². The SMILES string of the molecule is COc1nc(C2CC2)cc(C)c1Oc1nnc(C(F)(F)F)c(C)c1C(=O)Nc1cccc(S(C)(=N)=O)c1. The highest BCUT2D eigenvalue weighted by atomic mass is 32.2. The minimum Gasteiger partial charge on any atom is -0.478 e. The van der Waals surface area contributed by atoms with Gasteiger partial charge in [-0.1, -0.05) is 6.07 Å². The highest BCUT2D eigenvalue weighted by Crippen LogP contribution is 2.43. The van der Waals surface area contributed by atoms with E-state index in [4.69, 9.17) is 14.3 Å². The van der Waals surface area contributed by atoms with Crippen molar-refractivity contribution in [3.63, 3.8) is 0 Å². The average Bonchev–Trinajstić information content (AvgIpc) is 3.64. The molecule has 1 aromatic carbocycles. The van der Waals surface area contributed by atoms with E-state index < -0.39 is 44.5 Å². The van der Waals surface area contributed by atoms with Crippen LogP contribution in [0.25, 0.3) is 0 Å². The summed E-state index contributed by atoms with van der Waals surface area (Å²) in [5.74, 6) is -0.920. The number of rotatable bonds is 7. The molecule has 1 unspecified atom stereocenters. The molecular formula is C24H24F3N5O4S. The first-order valence-electron chi connectivity index (χ1n) is 11.1. The molecule has 4 rings (SSSR count). The number of hydrogen-bond acceptors (Lipinski definition) is 8. The molecule has 0 aliphatic heterocycles. The van der Waals surface area contributed by atoms with E-state index in [-0.39, 0.29) is 22.2 Å². The minimum absolute atomic E-state index is 0.0938. The molecule has 0 radical (unpaired) electrons. The maximum absolute atomic E-state index is 13.6. The third kappa shape index (κ3) is 5.66. The number of anilines is 1. The quantitative estimate of drug-likeness (QED) is 0.410. The van der Waals surface area contributed by atoms with E-state index in [0.717, 1.165) is 25.5 Å². The standard InChI is InChI=1S/C24H24F3N5O4S/c1-12-10-17(14-8-9-14)30-23(35-3)19(12)36-22-18(13(2)20(31-32-22)24(25,26)27)21(33)29-15-6-5-7-16(11-15)37(4,28)34/h5-7,10-11,14,28H,8-9H2,1-4H3,(H,29,33). The fraction of sp³-hybridized carbons (Fsp3) is 0.333. The van der Waals surface area contributed by atoms with Crippen LogP contribution in [0.15, 0.2) is 35.2 Å². The van der Waals surface area contributed by atoms with Gasteiger partial charge in [0.15, 0.2) is 11.4 Å². The van der Waals surface area contributed by atoms with Crippen molar-refractivity contribution in [2.45, 2.75) is 43.7 Å². The Morgan fingerprint density at radius 3 is 2.46 bits per heavy atom. The number of ether oxygens (including phenoxy) is 2. The molecule has 1 saturated carbocycles. The third-order valence-corrected chi connectivity index (χ3v) is 6.91. The van der Waals surface area contributed by atoms with Gasteiger partial charge in [-0.25, -0.2) is 14.0 Å². The van der Waals surface area contributed by atoms with Gasteiger partial charge in [-0.3, -0.25) is 4.79 Å². The van der Waals surface area contributed by atoms with Crippen LogP contribution in [0.4, 0.5) is 18.9 Å². The molecule has 1 atom stereocenters. The van der Waals surface area contributed by atoms with E-state index >= 15 is 0 Å². The van der Waals surface area contributed by atoms with Crippen molar-refractivity contribution in [3.8, 4) is 17.5 Å². The van der Waals surface area contributed by atoms with E-state index in [9.17, 15) is 22.2 Å². The second kappa shape index (κ2) is 9.61. The summed E-state index contributed by atoms with van der Waals surface area (Å²) in [4.78, 5) is 17.9. The predicted octanol–water partition coefficient (Wildman–Crippen LogP) is 5.47. The number of alkyl halides is 3. The maximum atomic E-state index is 13.6. The lowest BCUT2D eigenvalue weighted by Crippen LogP contribution is -2.21. The van der Waals surface area contributed by atoms with Gasteiger partial charge in [0, 0.05) is 28.5 Å². The summed E-state index contributed by atoms with van der Waals surface area (Å²) >= 11 is 0. The second-order valence-electron chi connectivity index (χ2n) is 8.76. The smallest absolute Gasteiger partial charge is 0.435 e. The summed E-state index contributed by atoms with van der Waals surface area (Å²) in [5, 5.41) is 9.36. The zero-order valence-corrected chi connectivity index (χ0v) is 21.2. The molecule has 2 aromatic heterocycles. The molecule has 1 amide bonds. The number of aryl methyl sites for hydroxylation is 1. The molecule has 0 saturated heterocycles. The van der Waals surface area contributed by atoms with Gasteiger partial charge in [0.25, 0.3) is 17.7 Å². The number of carbonyl (C=O) groups is 1. The van der Waals surface area contributed by atoms with Crippen molar-refractivity contribution in [1.82, 2.24) is 15.2 Å². The van der Waals surface area contributed by atoms with Crippen LogP contribution >= 0.6 is 0 Å². The summed E-state index contributed by atoms with van der Waals surface area (Å²) in [5.41, 5.74) is -0.790. The Morgan fingerprint density at radius 2 is 1.86 bits per heavy atom. The molecule has 2 N–H and O–H groups in total. The maximum Gasteiger partial charge on any atom is 0.435 e. The molecule has 196 valence electrons. The Balaban J connectivity index is 1.78. The van der Waals surface area contributed by atoms with Crippen molar-refractivity contribution in [3.05, 3.63) is 58.4 Å². The van der Waals surface area contributed by atoms with Gasteiger partial charge in [0.1, 0.15) is 5.56 Å². The number of halogens is 3. The lowest BCUT2D eigenvalue weighted by Gasteiger charge is -2.18. The first-order chi connectivity index (χ1) is 17.3. The fourth-order valence-corrected chi connectivity index (χ4v) is 4.41. The Morgan fingerprint density at radius 1 is 1.16 bits per heavy atom. The summed E-state index contributed by atoms with van der Waals surface area (Å²) in [6.07, 6.45) is -1.66. The van der Waals surface area contributed by atoms with Crippen molar-refractivity contribution in [2.24, 2.45) is 0 Å². The summed E-state index contributed by atoms with van der Waals surface area (Å²) in [6.45, 7) is 2.82. The van der Waals surface area contributed by atoms with Gasteiger partial charge in [0.2, 0.25) is 0 Å². The van der Waals surface area contributed by atoms with Crippen LogP contribution in [0.2, 0.25) is 0 Å². The predicted molar refractivity (Wildman–Crippen MR) is 129 cm³/mol. The van der Waals surface area contributed by atoms with Crippen LogP contribution in [0.5, 0.6) is 17.5 Å². The number of nitrogens with one attached hydrogen (secondary N) is 2. The van der Waals surface area contributed by atoms with Gasteiger partial charge in [-0.2, -0.15) is 13.2 Å². The first-order valence-corrected chi connectivity index (χ1v) is 13.1. The van der Waals surface area contributed by atoms with Gasteiger partial charge < -0.3 is 14.8 Å². The minimum atomic E-state index is -4.87. The van der Waals surface area contributed by atoms with Crippen LogP contribution in [0.1, 0.15) is 51.6 Å². The average molecular weight is 536 g/mol. The molecule has 13 heteroatoms. The highest BCUT2D eigenvalue weighted by Gasteiger charge is 2.38. The van der Waals surface area contributed by atoms with E-state index in [1.54, 1.807) is 13.0 Å². The van der Waals surface area contributed by atoms with Crippen LogP contribution in [-0.2, 0) is 15.9 Å². The van der Waals surface area contributed by atoms with Crippen LogP contribution in [0.3, 0.4) is 0 Å². The highest BCUT2D eigenvalue weighted by molar-refractivity contribution is 7.91. The number of aromatic nitrogens is 3. The third-order valence-electron chi connectivity index (χ3n) is 5.76. The zero-order valence-electron chi connectivity index (χ0n) is 20.4. The lowest BCUT2D eigenvalue weighted by atomic mass is 10.1. The summed E-state index contributed by atoms with van der Waals surface area (Å²) in [7, 11) is -1.71. The van der Waals surface area contributed by atoms with E-state index in [2.05, 4.69) is 20.5 Å². The molecule has 3 aromatic rings. The van der Waals surface area contributed by atoms with Gasteiger partial charge >= 0.3 is 6.18 Å². The van der Waals surface area contributed by atoms with Gasteiger partial charge in [-0.05, 0) is 62.1 Å². The number of hydrogen-bond donors (Lipinski definition) is 2. The number of nitrogens with zero attached hydrogens (tertiary/aromatic N) is 3. The molecule has 0 bridgehead atoms. The number of methoxy groups -OCH3 is 1. The van der Waals surface area contributed by atoms with E-state index in [1.165, 1.54) is 37.6 Å². The molecule has 2 heterocycles. The zero-order chi connectivity index (χ0) is 27.1. The van der Waals surface area contributed by atoms with Crippen molar-refractivity contribution in [1.29, 1.82) is 4.78 Å². The largest absolute Gasteiger partial charge is 0.478 e. The van der Waals surface area contributed by atoms with Crippen molar-refractivity contribution in [2.75, 3.05) is 18.7 Å². The first kappa shape index (κ1) is 26.3. The lowest BCUT2D eigenvalue weighted by molar-refractivity contribution is -0.142. The molecule has 9 nitrogen and oxygen atoms in total. The van der Waals surface area contributed by atoms with Crippen LogP contribution < -0.4 is 14.8 Å². The number of amides is 1. The summed E-state index contributed by atoms with van der Waals surface area (Å²) in [6, 6.07) is 7.49. The Bertz CT molecular complexity index is 1490. The van der Waals surface area contributed by atoms with Gasteiger partial charge in [0.05, 0.1) is 16.8 Å². The molecule has 1 fully saturated rings. The Hall–Kier alpha value is -3.74. The molecule has 0 spiro atoms. The van der Waals surface area contributed by atoms with Crippen molar-refractivity contribution < 1.29 is 31.6 Å². The Kier molecular flexibility index (Phi) is 6.84. The van der Waals surface area contributed by atoms with E-state index in [0.29, 0.717) is 11.5 Å². The molecule has 1 aliphatic carbocycles. The molecule has 37 heavy (non-hydrogen) atoms.